The second-order valence-electron chi connectivity index (χ2n) is 23.5. The van der Waals surface area contributed by atoms with E-state index in [4.69, 9.17) is 18.5 Å². The average Bonchev–Trinajstić information content (AvgIpc) is 3.42. The molecule has 0 rings (SSSR count). The van der Waals surface area contributed by atoms with Crippen molar-refractivity contribution in [3.05, 3.63) is 85.1 Å². The molecule has 2 atom stereocenters. The lowest BCUT2D eigenvalue weighted by Gasteiger charge is -2.24. The molecule has 0 aromatic heterocycles. The summed E-state index contributed by atoms with van der Waals surface area (Å²) < 4.78 is 34.6. The number of nitrogens with zero attached hydrogens (tertiary/aromatic N) is 1. The number of hydrogen-bond donors (Lipinski definition) is 1. The van der Waals surface area contributed by atoms with E-state index in [1.807, 2.05) is 21.1 Å². The molecule has 0 aliphatic carbocycles. The Labute approximate surface area is 494 Å². The number of esters is 2. The number of likely N-dealkylation sites (N-methyl/N-ethyl adjacent to an activating group) is 1. The first-order valence-electron chi connectivity index (χ1n) is 33.3. The molecule has 0 spiro atoms. The molecule has 0 radical (unpaired) electrons. The summed E-state index contributed by atoms with van der Waals surface area (Å²) in [6.45, 7) is 4.31. The van der Waals surface area contributed by atoms with E-state index in [1.54, 1.807) is 0 Å². The molecule has 1 N–H and O–H groups in total. The zero-order chi connectivity index (χ0) is 58.4. The molecule has 0 aliphatic rings. The van der Waals surface area contributed by atoms with Gasteiger partial charge in [0.05, 0.1) is 27.7 Å². The number of phosphoric acid groups is 1. The summed E-state index contributed by atoms with van der Waals surface area (Å²) in [5.74, 6) is -0.820. The summed E-state index contributed by atoms with van der Waals surface area (Å²) in [5.41, 5.74) is 0. The summed E-state index contributed by atoms with van der Waals surface area (Å²) in [6, 6.07) is 0. The van der Waals surface area contributed by atoms with Gasteiger partial charge in [-0.1, -0.05) is 279 Å². The minimum Gasteiger partial charge on any atom is -0.462 e. The van der Waals surface area contributed by atoms with Crippen LogP contribution in [0, 0.1) is 0 Å². The third kappa shape index (κ3) is 64.4. The Morgan fingerprint density at radius 3 is 1.07 bits per heavy atom. The number of carbonyl (C=O) groups excluding carboxylic acids is 2. The van der Waals surface area contributed by atoms with Gasteiger partial charge in [0.25, 0.3) is 0 Å². The van der Waals surface area contributed by atoms with Crippen molar-refractivity contribution in [3.8, 4) is 0 Å². The lowest BCUT2D eigenvalue weighted by Crippen LogP contribution is -2.37. The Kier molecular flexibility index (Phi) is 58.6. The molecule has 2 unspecified atom stereocenters. The standard InChI is InChI=1S/C70H126NO8P/c1-6-8-10-12-14-16-18-20-22-24-26-28-30-31-32-33-34-35-36-37-38-39-41-42-44-46-48-50-52-54-56-58-60-62-69(72)76-66-68(67-78-80(74,75)77-65-64-71(3,4)5)79-70(73)63-61-59-57-55-53-51-49-47-45-43-40-29-27-25-23-21-19-17-15-13-11-9-7-2/h9,11,15,17,21,23-24,26-27,29,43,45,49,51,68H,6-8,10,12-14,16,18-20,22,25,28,30-42,44,46-48,50,52-67H2,1-5H3/p+1/b11-9-,17-15-,23-21-,26-24-,29-27-,45-43-,51-49-. The number of quaternary nitrogens is 1. The topological polar surface area (TPSA) is 108 Å². The van der Waals surface area contributed by atoms with E-state index in [-0.39, 0.29) is 32.0 Å². The number of ether oxygens (including phenoxy) is 2. The minimum atomic E-state index is -4.40. The monoisotopic (exact) mass is 1140 g/mol. The average molecular weight is 1140 g/mol. The van der Waals surface area contributed by atoms with Gasteiger partial charge in [-0.15, -0.1) is 0 Å². The van der Waals surface area contributed by atoms with Crippen LogP contribution in [0.3, 0.4) is 0 Å². The highest BCUT2D eigenvalue weighted by molar-refractivity contribution is 7.47. The van der Waals surface area contributed by atoms with Gasteiger partial charge in [-0.2, -0.15) is 0 Å². The molecule has 9 nitrogen and oxygen atoms in total. The maximum atomic E-state index is 12.8. The van der Waals surface area contributed by atoms with E-state index in [0.29, 0.717) is 17.4 Å². The highest BCUT2D eigenvalue weighted by Crippen LogP contribution is 2.43. The van der Waals surface area contributed by atoms with Gasteiger partial charge < -0.3 is 18.9 Å². The summed E-state index contributed by atoms with van der Waals surface area (Å²) in [6.07, 6.45) is 82.6. The Morgan fingerprint density at radius 1 is 0.400 bits per heavy atom. The molecule has 0 saturated carbocycles. The SMILES string of the molecule is CC/C=C\C/C=C\C/C=C\C/C=C\C/C=C\C/C=C\CCCCCCC(=O)OC(COC(=O)CCCCCCCCCCCCCCCCCCCCCCC/C=C\CCCCCCCCCC)COP(=O)(O)OCC[N+](C)(C)C. The number of rotatable bonds is 61. The fourth-order valence-electron chi connectivity index (χ4n) is 9.31. The van der Waals surface area contributed by atoms with Crippen LogP contribution in [0.25, 0.3) is 0 Å². The van der Waals surface area contributed by atoms with Crippen LogP contribution in [0.1, 0.15) is 296 Å². The summed E-state index contributed by atoms with van der Waals surface area (Å²) in [5, 5.41) is 0. The third-order valence-electron chi connectivity index (χ3n) is 14.4. The molecule has 0 amide bonds. The first kappa shape index (κ1) is 77.2. The van der Waals surface area contributed by atoms with Gasteiger partial charge >= 0.3 is 19.8 Å². The van der Waals surface area contributed by atoms with Crippen LogP contribution < -0.4 is 0 Å². The highest BCUT2D eigenvalue weighted by atomic mass is 31.2. The molecular weight excluding hydrogens is 1010 g/mol. The van der Waals surface area contributed by atoms with Crippen LogP contribution in [0.2, 0.25) is 0 Å². The van der Waals surface area contributed by atoms with Gasteiger partial charge in [0.2, 0.25) is 0 Å². The Morgan fingerprint density at radius 2 is 0.713 bits per heavy atom. The second-order valence-corrected chi connectivity index (χ2v) is 24.9. The van der Waals surface area contributed by atoms with E-state index in [9.17, 15) is 19.0 Å². The van der Waals surface area contributed by atoms with Crippen molar-refractivity contribution in [2.45, 2.75) is 302 Å². The number of phosphoric ester groups is 1. The van der Waals surface area contributed by atoms with Crippen LogP contribution >= 0.6 is 7.82 Å². The molecule has 10 heteroatoms. The predicted molar refractivity (Wildman–Crippen MR) is 344 cm³/mol. The summed E-state index contributed by atoms with van der Waals surface area (Å²) >= 11 is 0. The van der Waals surface area contributed by atoms with Gasteiger partial charge in [-0.25, -0.2) is 4.57 Å². The van der Waals surface area contributed by atoms with Crippen molar-refractivity contribution in [1.82, 2.24) is 0 Å². The van der Waals surface area contributed by atoms with Gasteiger partial charge in [-0.05, 0) is 89.9 Å². The predicted octanol–water partition coefficient (Wildman–Crippen LogP) is 21.4. The zero-order valence-corrected chi connectivity index (χ0v) is 53.7. The third-order valence-corrected chi connectivity index (χ3v) is 15.4. The van der Waals surface area contributed by atoms with Crippen LogP contribution in [0.4, 0.5) is 0 Å². The normalized spacial score (nSPS) is 13.7. The van der Waals surface area contributed by atoms with Crippen LogP contribution in [0.15, 0.2) is 85.1 Å². The molecule has 464 valence electrons. The summed E-state index contributed by atoms with van der Waals surface area (Å²) in [7, 11) is 1.46. The molecular formula is C70H127NO8P+. The molecule has 0 aromatic carbocycles. The van der Waals surface area contributed by atoms with Crippen molar-refractivity contribution < 1.29 is 42.1 Å². The van der Waals surface area contributed by atoms with Crippen molar-refractivity contribution in [2.75, 3.05) is 47.5 Å². The van der Waals surface area contributed by atoms with E-state index >= 15 is 0 Å². The van der Waals surface area contributed by atoms with E-state index in [2.05, 4.69) is 98.9 Å². The van der Waals surface area contributed by atoms with Crippen molar-refractivity contribution in [1.29, 1.82) is 0 Å². The van der Waals surface area contributed by atoms with E-state index in [1.165, 1.54) is 180 Å². The van der Waals surface area contributed by atoms with Crippen molar-refractivity contribution in [2.24, 2.45) is 0 Å². The molecule has 0 bridgehead atoms. The molecule has 0 saturated heterocycles. The number of unbranched alkanes of at least 4 members (excludes halogenated alkanes) is 33. The fourth-order valence-corrected chi connectivity index (χ4v) is 10.1. The van der Waals surface area contributed by atoms with E-state index < -0.39 is 26.5 Å². The van der Waals surface area contributed by atoms with Crippen LogP contribution in [0.5, 0.6) is 0 Å². The maximum absolute atomic E-state index is 12.8. The van der Waals surface area contributed by atoms with E-state index in [0.717, 1.165) is 83.5 Å². The zero-order valence-electron chi connectivity index (χ0n) is 52.8. The van der Waals surface area contributed by atoms with Gasteiger partial charge in [0.15, 0.2) is 6.10 Å². The molecule has 0 heterocycles. The van der Waals surface area contributed by atoms with Gasteiger partial charge in [0.1, 0.15) is 19.8 Å². The number of hydrogen-bond acceptors (Lipinski definition) is 7. The Balaban J connectivity index is 4.06. The lowest BCUT2D eigenvalue weighted by molar-refractivity contribution is -0.870. The van der Waals surface area contributed by atoms with Crippen molar-refractivity contribution >= 4 is 19.8 Å². The van der Waals surface area contributed by atoms with Crippen LogP contribution in [-0.4, -0.2) is 74.9 Å². The smallest absolute Gasteiger partial charge is 0.462 e. The largest absolute Gasteiger partial charge is 0.472 e. The van der Waals surface area contributed by atoms with Gasteiger partial charge in [-0.3, -0.25) is 18.6 Å². The highest BCUT2D eigenvalue weighted by Gasteiger charge is 2.27. The Bertz CT molecular complexity index is 1630. The second kappa shape index (κ2) is 60.8. The maximum Gasteiger partial charge on any atom is 0.472 e. The number of carbonyl (C=O) groups is 2. The first-order chi connectivity index (χ1) is 39.0. The first-order valence-corrected chi connectivity index (χ1v) is 34.8. The molecule has 80 heavy (non-hydrogen) atoms. The Hall–Kier alpha value is -2.81. The van der Waals surface area contributed by atoms with Crippen molar-refractivity contribution in [3.63, 3.8) is 0 Å². The molecule has 0 aliphatic heterocycles. The fraction of sp³-hybridized carbons (Fsp3) is 0.771. The minimum absolute atomic E-state index is 0.0235. The van der Waals surface area contributed by atoms with Crippen LogP contribution in [-0.2, 0) is 32.7 Å². The molecule has 0 fully saturated rings. The van der Waals surface area contributed by atoms with Gasteiger partial charge in [0, 0.05) is 12.8 Å². The molecule has 0 aromatic rings. The number of allylic oxidation sites excluding steroid dienone is 14. The summed E-state index contributed by atoms with van der Waals surface area (Å²) in [4.78, 5) is 35.8. The lowest BCUT2D eigenvalue weighted by atomic mass is 10.0. The quantitative estimate of drug-likeness (QED) is 0.0211.